The van der Waals surface area contributed by atoms with Gasteiger partial charge in [-0.25, -0.2) is 0 Å². The van der Waals surface area contributed by atoms with E-state index in [1.165, 1.54) is 0 Å². The summed E-state index contributed by atoms with van der Waals surface area (Å²) < 4.78 is 6.40. The third-order valence-electron chi connectivity index (χ3n) is 4.21. The number of hydrazine groups is 1. The van der Waals surface area contributed by atoms with E-state index < -0.39 is 6.04 Å². The van der Waals surface area contributed by atoms with E-state index in [1.54, 1.807) is 12.4 Å². The van der Waals surface area contributed by atoms with E-state index >= 15 is 0 Å². The van der Waals surface area contributed by atoms with Crippen molar-refractivity contribution >= 4 is 27.5 Å². The van der Waals surface area contributed by atoms with Crippen LogP contribution in [0.1, 0.15) is 17.2 Å². The Hall–Kier alpha value is -2.22. The molecule has 0 radical (unpaired) electrons. The lowest BCUT2D eigenvalue weighted by molar-refractivity contribution is -0.129. The molecule has 6 nitrogen and oxygen atoms in total. The second-order valence-electron chi connectivity index (χ2n) is 5.93. The zero-order chi connectivity index (χ0) is 18.4. The van der Waals surface area contributed by atoms with Crippen molar-refractivity contribution in [1.82, 2.24) is 20.7 Å². The molecule has 1 aliphatic heterocycles. The Bertz CT molecular complexity index is 746. The normalized spacial score (nSPS) is 15.9. The van der Waals surface area contributed by atoms with Gasteiger partial charge in [0.15, 0.2) is 0 Å². The van der Waals surface area contributed by atoms with Gasteiger partial charge in [0.2, 0.25) is 0 Å². The van der Waals surface area contributed by atoms with E-state index in [-0.39, 0.29) is 5.91 Å². The van der Waals surface area contributed by atoms with Gasteiger partial charge in [-0.15, -0.1) is 0 Å². The largest absolute Gasteiger partial charge is 0.379 e. The third-order valence-corrected chi connectivity index (χ3v) is 4.74. The first kappa shape index (κ1) is 18.6. The van der Waals surface area contributed by atoms with E-state index in [0.717, 1.165) is 15.6 Å². The minimum atomic E-state index is -0.410. The summed E-state index contributed by atoms with van der Waals surface area (Å²) in [7, 11) is 0. The fourth-order valence-corrected chi connectivity index (χ4v) is 3.10. The molecule has 0 saturated carbocycles. The molecule has 26 heavy (non-hydrogen) atoms. The fraction of sp³-hybridized carbons (Fsp3) is 0.263. The minimum Gasteiger partial charge on any atom is -0.379 e. The Morgan fingerprint density at radius 1 is 1.12 bits per heavy atom. The highest BCUT2D eigenvalue weighted by Gasteiger charge is 2.29. The Balaban J connectivity index is 1.69. The lowest BCUT2D eigenvalue weighted by Gasteiger charge is -2.33. The molecule has 0 bridgehead atoms. The lowest BCUT2D eigenvalue weighted by atomic mass is 10.1. The maximum atomic E-state index is 12.9. The number of carbonyl (C=O) groups excluding carboxylic acids is 1. The molecule has 1 aromatic carbocycles. The van der Waals surface area contributed by atoms with Gasteiger partial charge in [-0.1, -0.05) is 34.6 Å². The molecule has 1 aliphatic rings. The van der Waals surface area contributed by atoms with Crippen LogP contribution in [-0.2, 0) is 9.53 Å². The highest BCUT2D eigenvalue weighted by molar-refractivity contribution is 9.10. The number of benzene rings is 1. The SMILES string of the molecule is C=C(NNC(=O)[C@@H](c1ccncc1)N1CCOCC1)c1ccc(Br)cc1. The number of carbonyl (C=O) groups is 1. The van der Waals surface area contributed by atoms with Crippen LogP contribution in [0.4, 0.5) is 0 Å². The van der Waals surface area contributed by atoms with E-state index in [0.29, 0.717) is 32.0 Å². The van der Waals surface area contributed by atoms with Crippen molar-refractivity contribution in [3.63, 3.8) is 0 Å². The summed E-state index contributed by atoms with van der Waals surface area (Å²) in [6.07, 6.45) is 3.40. The molecule has 0 unspecified atom stereocenters. The van der Waals surface area contributed by atoms with Gasteiger partial charge >= 0.3 is 0 Å². The van der Waals surface area contributed by atoms with E-state index in [2.05, 4.69) is 43.2 Å². The summed E-state index contributed by atoms with van der Waals surface area (Å²) in [5.41, 5.74) is 8.14. The van der Waals surface area contributed by atoms with Gasteiger partial charge in [0, 0.05) is 30.0 Å². The maximum Gasteiger partial charge on any atom is 0.260 e. The average molecular weight is 417 g/mol. The van der Waals surface area contributed by atoms with E-state index in [9.17, 15) is 4.79 Å². The zero-order valence-corrected chi connectivity index (χ0v) is 15.9. The number of hydrogen-bond acceptors (Lipinski definition) is 5. The molecule has 7 heteroatoms. The summed E-state index contributed by atoms with van der Waals surface area (Å²) in [5, 5.41) is 0. The van der Waals surface area contributed by atoms with Crippen molar-refractivity contribution in [2.24, 2.45) is 0 Å². The van der Waals surface area contributed by atoms with Crippen LogP contribution in [0, 0.1) is 0 Å². The van der Waals surface area contributed by atoms with Crippen LogP contribution < -0.4 is 10.9 Å². The maximum absolute atomic E-state index is 12.9. The van der Waals surface area contributed by atoms with E-state index in [1.807, 2.05) is 36.4 Å². The first-order valence-electron chi connectivity index (χ1n) is 8.37. The molecule has 1 fully saturated rings. The van der Waals surface area contributed by atoms with Crippen molar-refractivity contribution in [3.05, 3.63) is 71.0 Å². The molecule has 1 amide bonds. The molecule has 2 aromatic rings. The lowest BCUT2D eigenvalue weighted by Crippen LogP contribution is -2.48. The second kappa shape index (κ2) is 8.93. The monoisotopic (exact) mass is 416 g/mol. The summed E-state index contributed by atoms with van der Waals surface area (Å²) in [6, 6.07) is 11.0. The average Bonchev–Trinajstić information content (AvgIpc) is 2.68. The van der Waals surface area contributed by atoms with Crippen molar-refractivity contribution in [2.75, 3.05) is 26.3 Å². The molecule has 2 N–H and O–H groups in total. The number of halogens is 1. The van der Waals surface area contributed by atoms with Crippen LogP contribution in [0.15, 0.2) is 59.8 Å². The predicted molar refractivity (Wildman–Crippen MR) is 104 cm³/mol. The molecule has 2 heterocycles. The molecule has 0 spiro atoms. The number of aromatic nitrogens is 1. The highest BCUT2D eigenvalue weighted by atomic mass is 79.9. The third kappa shape index (κ3) is 4.69. The quantitative estimate of drug-likeness (QED) is 0.708. The number of nitrogens with zero attached hydrogens (tertiary/aromatic N) is 2. The Morgan fingerprint density at radius 2 is 1.77 bits per heavy atom. The van der Waals surface area contributed by atoms with Crippen molar-refractivity contribution in [2.45, 2.75) is 6.04 Å². The molecule has 0 aliphatic carbocycles. The standard InChI is InChI=1S/C19H21BrN4O2/c1-14(15-2-4-17(20)5-3-15)22-23-19(25)18(16-6-8-21-9-7-16)24-10-12-26-13-11-24/h2-9,18,22H,1,10-13H2,(H,23,25)/t18-/m1/s1. The smallest absolute Gasteiger partial charge is 0.260 e. The zero-order valence-electron chi connectivity index (χ0n) is 14.3. The molecule has 1 aromatic heterocycles. The summed E-state index contributed by atoms with van der Waals surface area (Å²) in [4.78, 5) is 19.1. The summed E-state index contributed by atoms with van der Waals surface area (Å²) in [6.45, 7) is 6.63. The van der Waals surface area contributed by atoms with Crippen LogP contribution >= 0.6 is 15.9 Å². The van der Waals surface area contributed by atoms with Gasteiger partial charge in [0.1, 0.15) is 6.04 Å². The Labute approximate surface area is 161 Å². The molecular formula is C19H21BrN4O2. The minimum absolute atomic E-state index is 0.142. The number of rotatable bonds is 6. The molecule has 136 valence electrons. The van der Waals surface area contributed by atoms with Crippen LogP contribution in [0.25, 0.3) is 5.70 Å². The number of nitrogens with one attached hydrogen (secondary N) is 2. The van der Waals surface area contributed by atoms with Gasteiger partial charge in [-0.3, -0.25) is 25.5 Å². The van der Waals surface area contributed by atoms with Crippen molar-refractivity contribution < 1.29 is 9.53 Å². The van der Waals surface area contributed by atoms with Gasteiger partial charge in [0.05, 0.1) is 18.9 Å². The van der Waals surface area contributed by atoms with Gasteiger partial charge in [-0.05, 0) is 35.4 Å². The molecule has 1 saturated heterocycles. The number of pyridine rings is 1. The summed E-state index contributed by atoms with van der Waals surface area (Å²) >= 11 is 3.41. The number of ether oxygens (including phenoxy) is 1. The van der Waals surface area contributed by atoms with Gasteiger partial charge in [0.25, 0.3) is 5.91 Å². The van der Waals surface area contributed by atoms with Crippen LogP contribution in [0.5, 0.6) is 0 Å². The Kier molecular flexibility index (Phi) is 6.38. The van der Waals surface area contributed by atoms with Gasteiger partial charge in [-0.2, -0.15) is 0 Å². The topological polar surface area (TPSA) is 66.5 Å². The number of hydrogen-bond donors (Lipinski definition) is 2. The fourth-order valence-electron chi connectivity index (χ4n) is 2.84. The number of amides is 1. The summed E-state index contributed by atoms with van der Waals surface area (Å²) in [5.74, 6) is -0.142. The predicted octanol–water partition coefficient (Wildman–Crippen LogP) is 2.51. The molecule has 1 atom stereocenters. The molecular weight excluding hydrogens is 396 g/mol. The van der Waals surface area contributed by atoms with E-state index in [4.69, 9.17) is 4.74 Å². The van der Waals surface area contributed by atoms with Crippen LogP contribution in [0.2, 0.25) is 0 Å². The van der Waals surface area contributed by atoms with Crippen LogP contribution in [-0.4, -0.2) is 42.1 Å². The van der Waals surface area contributed by atoms with Crippen LogP contribution in [0.3, 0.4) is 0 Å². The Morgan fingerprint density at radius 3 is 2.42 bits per heavy atom. The van der Waals surface area contributed by atoms with Crippen molar-refractivity contribution in [3.8, 4) is 0 Å². The number of morpholine rings is 1. The second-order valence-corrected chi connectivity index (χ2v) is 6.85. The molecule has 3 rings (SSSR count). The highest BCUT2D eigenvalue weighted by Crippen LogP contribution is 2.22. The van der Waals surface area contributed by atoms with Gasteiger partial charge < -0.3 is 4.74 Å². The van der Waals surface area contributed by atoms with Crippen molar-refractivity contribution in [1.29, 1.82) is 0 Å². The first-order chi connectivity index (χ1) is 12.6. The first-order valence-corrected chi connectivity index (χ1v) is 9.17.